The number of aromatic nitrogens is 1. The molecule has 1 fully saturated rings. The minimum atomic E-state index is -1.17. The first-order valence-corrected chi connectivity index (χ1v) is 8.60. The molecule has 1 N–H and O–H groups in total. The molecule has 1 heterocycles. The summed E-state index contributed by atoms with van der Waals surface area (Å²) in [5.74, 6) is -1.96. The topological polar surface area (TPSA) is 59.4 Å². The van der Waals surface area contributed by atoms with E-state index in [-0.39, 0.29) is 12.2 Å². The predicted octanol–water partition coefficient (Wildman–Crippen LogP) is 4.01. The Kier molecular flexibility index (Phi) is 5.35. The number of hydrogen-bond acceptors (Lipinski definition) is 4. The first-order chi connectivity index (χ1) is 12.0. The van der Waals surface area contributed by atoms with Crippen LogP contribution in [0.15, 0.2) is 42.7 Å². The fourth-order valence-electron chi connectivity index (χ4n) is 3.38. The molecule has 1 aromatic carbocycles. The van der Waals surface area contributed by atoms with Gasteiger partial charge in [0.15, 0.2) is 0 Å². The largest absolute Gasteiger partial charge is 0.460 e. The molecule has 0 amide bonds. The van der Waals surface area contributed by atoms with E-state index in [1.807, 2.05) is 0 Å². The van der Waals surface area contributed by atoms with Crippen molar-refractivity contribution in [2.24, 2.45) is 0 Å². The van der Waals surface area contributed by atoms with Gasteiger partial charge in [-0.25, -0.2) is 4.39 Å². The van der Waals surface area contributed by atoms with E-state index in [0.29, 0.717) is 23.4 Å². The lowest BCUT2D eigenvalue weighted by Crippen LogP contribution is -2.39. The van der Waals surface area contributed by atoms with Gasteiger partial charge in [0.2, 0.25) is 0 Å². The van der Waals surface area contributed by atoms with Crippen molar-refractivity contribution in [3.8, 4) is 0 Å². The summed E-state index contributed by atoms with van der Waals surface area (Å²) in [6, 6.07) is 8.32. The molecule has 1 aliphatic carbocycles. The van der Waals surface area contributed by atoms with Crippen LogP contribution in [0.25, 0.3) is 0 Å². The van der Waals surface area contributed by atoms with Crippen LogP contribution in [0, 0.1) is 5.82 Å². The Morgan fingerprint density at radius 1 is 1.36 bits per heavy atom. The van der Waals surface area contributed by atoms with Gasteiger partial charge in [0.05, 0.1) is 11.8 Å². The molecule has 1 unspecified atom stereocenters. The van der Waals surface area contributed by atoms with Crippen LogP contribution in [0.1, 0.15) is 42.7 Å². The summed E-state index contributed by atoms with van der Waals surface area (Å²) in [4.78, 5) is 16.4. The number of rotatable bonds is 5. The number of carbonyl (C=O) groups is 1. The van der Waals surface area contributed by atoms with Crippen LogP contribution >= 0.6 is 11.6 Å². The summed E-state index contributed by atoms with van der Waals surface area (Å²) >= 11 is 6.05. The molecule has 1 atom stereocenters. The number of halogens is 2. The van der Waals surface area contributed by atoms with Crippen molar-refractivity contribution in [3.63, 3.8) is 0 Å². The molecule has 1 aliphatic rings. The standard InChI is InChI=1S/C19H19ClFNO3/c20-15-5-3-4-13(10-15)17(19(24)7-1-2-8-19)18(23)25-12-14-6-9-22-11-16(14)21/h3-6,9-11,17,24H,1-2,7-8,12H2. The zero-order chi connectivity index (χ0) is 17.9. The van der Waals surface area contributed by atoms with Gasteiger partial charge in [-0.1, -0.05) is 36.6 Å². The van der Waals surface area contributed by atoms with Crippen LogP contribution < -0.4 is 0 Å². The van der Waals surface area contributed by atoms with Crippen molar-refractivity contribution >= 4 is 17.6 Å². The van der Waals surface area contributed by atoms with Gasteiger partial charge in [0, 0.05) is 16.8 Å². The highest BCUT2D eigenvalue weighted by Crippen LogP contribution is 2.42. The lowest BCUT2D eigenvalue weighted by atomic mass is 9.80. The SMILES string of the molecule is O=C(OCc1ccncc1F)C(c1cccc(Cl)c1)C1(O)CCCC1. The number of hydrogen-bond donors (Lipinski definition) is 1. The van der Waals surface area contributed by atoms with Crippen LogP contribution in [0.3, 0.4) is 0 Å². The Hall–Kier alpha value is -1.98. The zero-order valence-electron chi connectivity index (χ0n) is 13.6. The lowest BCUT2D eigenvalue weighted by Gasteiger charge is -2.31. The molecule has 0 bridgehead atoms. The Morgan fingerprint density at radius 3 is 2.80 bits per heavy atom. The van der Waals surface area contributed by atoms with Gasteiger partial charge >= 0.3 is 5.97 Å². The van der Waals surface area contributed by atoms with Crippen molar-refractivity contribution in [3.05, 3.63) is 64.7 Å². The van der Waals surface area contributed by atoms with E-state index < -0.39 is 23.3 Å². The van der Waals surface area contributed by atoms with Gasteiger partial charge in [-0.2, -0.15) is 0 Å². The maximum Gasteiger partial charge on any atom is 0.316 e. The monoisotopic (exact) mass is 363 g/mol. The number of nitrogens with zero attached hydrogens (tertiary/aromatic N) is 1. The number of carbonyl (C=O) groups excluding carboxylic acids is 1. The van der Waals surface area contributed by atoms with Gasteiger partial charge in [0.25, 0.3) is 0 Å². The fraction of sp³-hybridized carbons (Fsp3) is 0.368. The average molecular weight is 364 g/mol. The highest BCUT2D eigenvalue weighted by atomic mass is 35.5. The molecule has 0 radical (unpaired) electrons. The minimum Gasteiger partial charge on any atom is -0.460 e. The molecule has 4 nitrogen and oxygen atoms in total. The molecule has 3 rings (SSSR count). The summed E-state index contributed by atoms with van der Waals surface area (Å²) < 4.78 is 19.0. The van der Waals surface area contributed by atoms with E-state index >= 15 is 0 Å². The van der Waals surface area contributed by atoms with Gasteiger partial charge in [-0.3, -0.25) is 9.78 Å². The third kappa shape index (κ3) is 3.99. The Morgan fingerprint density at radius 2 is 2.12 bits per heavy atom. The van der Waals surface area contributed by atoms with Gasteiger partial charge in [0.1, 0.15) is 18.3 Å². The second kappa shape index (κ2) is 7.50. The maximum atomic E-state index is 13.7. The highest BCUT2D eigenvalue weighted by molar-refractivity contribution is 6.30. The fourth-order valence-corrected chi connectivity index (χ4v) is 3.58. The second-order valence-corrected chi connectivity index (χ2v) is 6.81. The third-order valence-electron chi connectivity index (χ3n) is 4.65. The smallest absolute Gasteiger partial charge is 0.316 e. The van der Waals surface area contributed by atoms with Gasteiger partial charge in [-0.05, 0) is 36.6 Å². The molecule has 0 spiro atoms. The summed E-state index contributed by atoms with van der Waals surface area (Å²) in [6.45, 7) is -0.208. The molecular formula is C19H19ClFNO3. The molecule has 0 saturated heterocycles. The maximum absolute atomic E-state index is 13.7. The van der Waals surface area contributed by atoms with Crippen molar-refractivity contribution in [2.45, 2.75) is 43.8 Å². The first-order valence-electron chi connectivity index (χ1n) is 8.22. The molecule has 2 aromatic rings. The van der Waals surface area contributed by atoms with Gasteiger partial charge < -0.3 is 9.84 Å². The molecule has 0 aliphatic heterocycles. The first kappa shape index (κ1) is 17.8. The quantitative estimate of drug-likeness (QED) is 0.815. The van der Waals surface area contributed by atoms with Crippen LogP contribution in [0.5, 0.6) is 0 Å². The van der Waals surface area contributed by atoms with E-state index in [0.717, 1.165) is 19.0 Å². The van der Waals surface area contributed by atoms with Crippen molar-refractivity contribution in [1.29, 1.82) is 0 Å². The van der Waals surface area contributed by atoms with Crippen LogP contribution in [0.4, 0.5) is 4.39 Å². The van der Waals surface area contributed by atoms with Crippen molar-refractivity contribution in [1.82, 2.24) is 4.98 Å². The molecule has 1 aromatic heterocycles. The summed E-state index contributed by atoms with van der Waals surface area (Å²) in [6.07, 6.45) is 5.23. The van der Waals surface area contributed by atoms with E-state index in [4.69, 9.17) is 16.3 Å². The zero-order valence-corrected chi connectivity index (χ0v) is 14.4. The van der Waals surface area contributed by atoms with Crippen molar-refractivity contribution < 1.29 is 19.0 Å². The lowest BCUT2D eigenvalue weighted by molar-refractivity contribution is -0.154. The summed E-state index contributed by atoms with van der Waals surface area (Å²) in [7, 11) is 0. The third-order valence-corrected chi connectivity index (χ3v) is 4.89. The predicted molar refractivity (Wildman–Crippen MR) is 91.6 cm³/mol. The second-order valence-electron chi connectivity index (χ2n) is 6.37. The minimum absolute atomic E-state index is 0.208. The summed E-state index contributed by atoms with van der Waals surface area (Å²) in [5.41, 5.74) is -0.317. The van der Waals surface area contributed by atoms with Crippen LogP contribution in [0.2, 0.25) is 5.02 Å². The normalized spacial score (nSPS) is 17.2. The Balaban J connectivity index is 1.84. The molecule has 132 valence electrons. The Labute approximate surface area is 150 Å². The van der Waals surface area contributed by atoms with Crippen molar-refractivity contribution in [2.75, 3.05) is 0 Å². The van der Waals surface area contributed by atoms with E-state index in [1.165, 1.54) is 12.3 Å². The number of esters is 1. The van der Waals surface area contributed by atoms with Crippen LogP contribution in [-0.2, 0) is 16.1 Å². The molecule has 6 heteroatoms. The van der Waals surface area contributed by atoms with E-state index in [1.54, 1.807) is 24.3 Å². The molecule has 1 saturated carbocycles. The number of pyridine rings is 1. The van der Waals surface area contributed by atoms with Crippen LogP contribution in [-0.4, -0.2) is 21.7 Å². The number of benzene rings is 1. The van der Waals surface area contributed by atoms with E-state index in [9.17, 15) is 14.3 Å². The summed E-state index contributed by atoms with van der Waals surface area (Å²) in [5, 5.41) is 11.5. The molecule has 25 heavy (non-hydrogen) atoms. The highest BCUT2D eigenvalue weighted by Gasteiger charge is 2.45. The molecular weight excluding hydrogens is 345 g/mol. The number of aliphatic hydroxyl groups is 1. The Bertz CT molecular complexity index is 762. The van der Waals surface area contributed by atoms with E-state index in [2.05, 4.69) is 4.98 Å². The van der Waals surface area contributed by atoms with Gasteiger partial charge in [-0.15, -0.1) is 0 Å². The number of ether oxygens (including phenoxy) is 1. The average Bonchev–Trinajstić information content (AvgIpc) is 3.01.